The van der Waals surface area contributed by atoms with Crippen molar-refractivity contribution in [3.05, 3.63) is 88.4 Å². The van der Waals surface area contributed by atoms with Gasteiger partial charge >= 0.3 is 0 Å². The van der Waals surface area contributed by atoms with Gasteiger partial charge in [0.05, 0.1) is 0 Å². The minimum Gasteiger partial charge on any atom is -0.457 e. The van der Waals surface area contributed by atoms with Crippen LogP contribution in [0.2, 0.25) is 0 Å². The summed E-state index contributed by atoms with van der Waals surface area (Å²) < 4.78 is 7.03. The Labute approximate surface area is 150 Å². The van der Waals surface area contributed by atoms with E-state index in [4.69, 9.17) is 4.74 Å². The summed E-state index contributed by atoms with van der Waals surface area (Å²) in [5.74, 6) is 1.77. The van der Waals surface area contributed by atoms with Gasteiger partial charge in [-0.3, -0.25) is 0 Å². The third kappa shape index (κ3) is 3.31. The second-order valence-electron chi connectivity index (χ2n) is 5.99. The minimum absolute atomic E-state index is 0.861. The molecule has 0 spiro atoms. The molecule has 0 aromatic heterocycles. The fourth-order valence-electron chi connectivity index (χ4n) is 3.09. The number of para-hydroxylation sites is 1. The van der Waals surface area contributed by atoms with Crippen LogP contribution < -0.4 is 9.64 Å². The van der Waals surface area contributed by atoms with Gasteiger partial charge in [-0.05, 0) is 66.1 Å². The first-order chi connectivity index (χ1) is 11.8. The van der Waals surface area contributed by atoms with Gasteiger partial charge < -0.3 is 9.64 Å². The monoisotopic (exact) mass is 379 g/mol. The van der Waals surface area contributed by atoms with Crippen LogP contribution in [0.3, 0.4) is 0 Å². The Bertz CT molecular complexity index is 830. The first-order valence-corrected chi connectivity index (χ1v) is 8.92. The van der Waals surface area contributed by atoms with Crippen molar-refractivity contribution in [1.82, 2.24) is 0 Å². The van der Waals surface area contributed by atoms with Gasteiger partial charge in [-0.1, -0.05) is 40.2 Å². The molecule has 0 aliphatic carbocycles. The molecule has 0 unspecified atom stereocenters. The zero-order valence-electron chi connectivity index (χ0n) is 13.3. The molecule has 0 fully saturated rings. The van der Waals surface area contributed by atoms with Gasteiger partial charge in [0.25, 0.3) is 0 Å². The van der Waals surface area contributed by atoms with Crippen molar-refractivity contribution >= 4 is 21.6 Å². The molecule has 3 heteroatoms. The number of halogens is 1. The van der Waals surface area contributed by atoms with Crippen molar-refractivity contribution in [3.8, 4) is 11.5 Å². The van der Waals surface area contributed by atoms with Gasteiger partial charge in [-0.2, -0.15) is 0 Å². The van der Waals surface area contributed by atoms with Crippen molar-refractivity contribution < 1.29 is 4.74 Å². The normalized spacial score (nSPS) is 13.5. The Hall–Kier alpha value is -2.26. The number of ether oxygens (including phenoxy) is 1. The van der Waals surface area contributed by atoms with Crippen molar-refractivity contribution in [2.75, 3.05) is 11.4 Å². The van der Waals surface area contributed by atoms with E-state index in [9.17, 15) is 0 Å². The fourth-order valence-corrected chi connectivity index (χ4v) is 3.36. The third-order valence-electron chi connectivity index (χ3n) is 4.36. The predicted octanol–water partition coefficient (Wildman–Crippen LogP) is 5.80. The Morgan fingerprint density at radius 3 is 2.33 bits per heavy atom. The molecule has 0 saturated carbocycles. The van der Waals surface area contributed by atoms with E-state index in [0.717, 1.165) is 35.5 Å². The molecule has 2 nitrogen and oxygen atoms in total. The van der Waals surface area contributed by atoms with E-state index in [1.165, 1.54) is 16.8 Å². The summed E-state index contributed by atoms with van der Waals surface area (Å²) in [7, 11) is 0. The van der Waals surface area contributed by atoms with E-state index in [0.29, 0.717) is 0 Å². The standard InChI is InChI=1S/C21H18BrNO/c22-18-7-10-20(11-8-18)24-21-9-6-17-15-23(13-12-16(17)14-21)19-4-2-1-3-5-19/h1-11,14H,12-13,15H2. The highest BCUT2D eigenvalue weighted by Gasteiger charge is 2.17. The summed E-state index contributed by atoms with van der Waals surface area (Å²) in [6.07, 6.45) is 1.04. The highest BCUT2D eigenvalue weighted by atomic mass is 79.9. The highest BCUT2D eigenvalue weighted by molar-refractivity contribution is 9.10. The van der Waals surface area contributed by atoms with E-state index in [1.54, 1.807) is 0 Å². The average Bonchev–Trinajstić information content (AvgIpc) is 2.64. The largest absolute Gasteiger partial charge is 0.457 e. The minimum atomic E-state index is 0.861. The van der Waals surface area contributed by atoms with E-state index < -0.39 is 0 Å². The lowest BCUT2D eigenvalue weighted by Crippen LogP contribution is -2.30. The molecule has 0 amide bonds. The summed E-state index contributed by atoms with van der Waals surface area (Å²) in [5.41, 5.74) is 4.06. The number of anilines is 1. The summed E-state index contributed by atoms with van der Waals surface area (Å²) in [5, 5.41) is 0. The van der Waals surface area contributed by atoms with Crippen LogP contribution >= 0.6 is 15.9 Å². The van der Waals surface area contributed by atoms with Crippen LogP contribution in [0.25, 0.3) is 0 Å². The molecule has 1 heterocycles. The second-order valence-corrected chi connectivity index (χ2v) is 6.91. The Kier molecular flexibility index (Phi) is 4.26. The smallest absolute Gasteiger partial charge is 0.127 e. The van der Waals surface area contributed by atoms with Crippen LogP contribution in [0.4, 0.5) is 5.69 Å². The maximum atomic E-state index is 5.98. The molecule has 3 aromatic rings. The number of hydrogen-bond donors (Lipinski definition) is 0. The molecule has 0 bridgehead atoms. The van der Waals surface area contributed by atoms with Gasteiger partial charge in [0, 0.05) is 23.2 Å². The molecular formula is C21H18BrNO. The average molecular weight is 380 g/mol. The van der Waals surface area contributed by atoms with Crippen LogP contribution in [0.5, 0.6) is 11.5 Å². The summed E-state index contributed by atoms with van der Waals surface area (Å²) in [4.78, 5) is 2.43. The van der Waals surface area contributed by atoms with Gasteiger partial charge in [0.2, 0.25) is 0 Å². The molecule has 1 aliphatic rings. The lowest BCUT2D eigenvalue weighted by molar-refractivity contribution is 0.481. The topological polar surface area (TPSA) is 12.5 Å². The molecule has 4 rings (SSSR count). The van der Waals surface area contributed by atoms with Crippen molar-refractivity contribution in [2.45, 2.75) is 13.0 Å². The first kappa shape index (κ1) is 15.3. The van der Waals surface area contributed by atoms with Crippen LogP contribution in [0.15, 0.2) is 77.3 Å². The van der Waals surface area contributed by atoms with Crippen LogP contribution in [-0.2, 0) is 13.0 Å². The van der Waals surface area contributed by atoms with E-state index in [1.807, 2.05) is 24.3 Å². The zero-order chi connectivity index (χ0) is 16.4. The lowest BCUT2D eigenvalue weighted by atomic mass is 9.99. The molecular weight excluding hydrogens is 362 g/mol. The molecule has 3 aromatic carbocycles. The van der Waals surface area contributed by atoms with E-state index in [-0.39, 0.29) is 0 Å². The number of benzene rings is 3. The summed E-state index contributed by atoms with van der Waals surface area (Å²) in [6, 6.07) is 25.0. The molecule has 0 atom stereocenters. The van der Waals surface area contributed by atoms with Crippen LogP contribution in [-0.4, -0.2) is 6.54 Å². The zero-order valence-corrected chi connectivity index (χ0v) is 14.9. The predicted molar refractivity (Wildman–Crippen MR) is 102 cm³/mol. The second kappa shape index (κ2) is 6.70. The molecule has 24 heavy (non-hydrogen) atoms. The summed E-state index contributed by atoms with van der Waals surface area (Å²) >= 11 is 3.44. The number of nitrogens with zero attached hydrogens (tertiary/aromatic N) is 1. The third-order valence-corrected chi connectivity index (χ3v) is 4.89. The first-order valence-electron chi connectivity index (χ1n) is 8.13. The van der Waals surface area contributed by atoms with Gasteiger partial charge in [-0.15, -0.1) is 0 Å². The SMILES string of the molecule is Brc1ccc(Oc2ccc3c(c2)CCN(c2ccccc2)C3)cc1. The van der Waals surface area contributed by atoms with E-state index in [2.05, 4.69) is 69.4 Å². The molecule has 1 aliphatic heterocycles. The van der Waals surface area contributed by atoms with Crippen LogP contribution in [0, 0.1) is 0 Å². The molecule has 0 saturated heterocycles. The lowest BCUT2D eigenvalue weighted by Gasteiger charge is -2.31. The van der Waals surface area contributed by atoms with Crippen LogP contribution in [0.1, 0.15) is 11.1 Å². The fraction of sp³-hybridized carbons (Fsp3) is 0.143. The number of fused-ring (bicyclic) bond motifs is 1. The molecule has 120 valence electrons. The number of rotatable bonds is 3. The molecule has 0 N–H and O–H groups in total. The van der Waals surface area contributed by atoms with Crippen molar-refractivity contribution in [3.63, 3.8) is 0 Å². The van der Waals surface area contributed by atoms with E-state index >= 15 is 0 Å². The maximum Gasteiger partial charge on any atom is 0.127 e. The van der Waals surface area contributed by atoms with Gasteiger partial charge in [-0.25, -0.2) is 0 Å². The maximum absolute atomic E-state index is 5.98. The Balaban J connectivity index is 1.52. The molecule has 0 radical (unpaired) electrons. The van der Waals surface area contributed by atoms with Gasteiger partial charge in [0.1, 0.15) is 11.5 Å². The number of hydrogen-bond acceptors (Lipinski definition) is 2. The summed E-state index contributed by atoms with van der Waals surface area (Å²) in [6.45, 7) is 2.00. The Morgan fingerprint density at radius 1 is 0.792 bits per heavy atom. The van der Waals surface area contributed by atoms with Gasteiger partial charge in [0.15, 0.2) is 0 Å². The quantitative estimate of drug-likeness (QED) is 0.569. The Morgan fingerprint density at radius 2 is 1.54 bits per heavy atom. The van der Waals surface area contributed by atoms with Crippen molar-refractivity contribution in [2.24, 2.45) is 0 Å². The highest BCUT2D eigenvalue weighted by Crippen LogP contribution is 2.29. The van der Waals surface area contributed by atoms with Crippen molar-refractivity contribution in [1.29, 1.82) is 0 Å².